The van der Waals surface area contributed by atoms with Crippen LogP contribution in [0.25, 0.3) is 11.1 Å². The summed E-state index contributed by atoms with van der Waals surface area (Å²) < 4.78 is 16.8. The molecule has 3 aromatic rings. The maximum Gasteiger partial charge on any atom is 0.271 e. The number of nitrogens with zero attached hydrogens (tertiary/aromatic N) is 5. The summed E-state index contributed by atoms with van der Waals surface area (Å²) in [5.74, 6) is -2.48. The van der Waals surface area contributed by atoms with Crippen molar-refractivity contribution in [2.45, 2.75) is 18.5 Å². The lowest BCUT2D eigenvalue weighted by Crippen LogP contribution is -2.68. The molecule has 3 amide bonds. The van der Waals surface area contributed by atoms with Crippen LogP contribution in [-0.2, 0) is 16.6 Å². The number of halogens is 2. The van der Waals surface area contributed by atoms with Gasteiger partial charge in [0.1, 0.15) is 5.82 Å². The fourth-order valence-electron chi connectivity index (χ4n) is 4.49. The van der Waals surface area contributed by atoms with Crippen LogP contribution in [0.2, 0.25) is 5.02 Å². The maximum absolute atomic E-state index is 15.2. The molecule has 1 atom stereocenters. The van der Waals surface area contributed by atoms with Crippen molar-refractivity contribution >= 4 is 40.7 Å². The van der Waals surface area contributed by atoms with E-state index in [1.54, 1.807) is 30.2 Å². The maximum atomic E-state index is 15.2. The van der Waals surface area contributed by atoms with Crippen LogP contribution in [0.3, 0.4) is 0 Å². The van der Waals surface area contributed by atoms with Crippen LogP contribution in [0.1, 0.15) is 23.2 Å². The summed E-state index contributed by atoms with van der Waals surface area (Å²) in [7, 11) is 3.11. The average molecular weight is 469 g/mol. The Morgan fingerprint density at radius 2 is 1.94 bits per heavy atom. The van der Waals surface area contributed by atoms with Gasteiger partial charge in [0.15, 0.2) is 0 Å². The minimum Gasteiger partial charge on any atom is -0.321 e. The molecule has 4 heterocycles. The third kappa shape index (κ3) is 3.09. The van der Waals surface area contributed by atoms with Crippen molar-refractivity contribution in [1.29, 1.82) is 0 Å². The number of aryl methyl sites for hydroxylation is 1. The molecule has 0 saturated carbocycles. The summed E-state index contributed by atoms with van der Waals surface area (Å²) in [6.45, 7) is 0. The molecule has 168 valence electrons. The van der Waals surface area contributed by atoms with Crippen molar-refractivity contribution in [3.8, 4) is 11.1 Å². The van der Waals surface area contributed by atoms with Crippen LogP contribution in [0, 0.1) is 5.82 Å². The zero-order valence-electron chi connectivity index (χ0n) is 17.7. The Bertz CT molecular complexity index is 1340. The van der Waals surface area contributed by atoms with Crippen LogP contribution in [0.15, 0.2) is 43.0 Å². The van der Waals surface area contributed by atoms with Gasteiger partial charge in [-0.1, -0.05) is 11.6 Å². The van der Waals surface area contributed by atoms with Gasteiger partial charge in [-0.3, -0.25) is 28.9 Å². The van der Waals surface area contributed by atoms with Gasteiger partial charge in [-0.25, -0.2) is 4.39 Å². The van der Waals surface area contributed by atoms with Gasteiger partial charge in [0, 0.05) is 44.9 Å². The van der Waals surface area contributed by atoms with Crippen LogP contribution < -0.4 is 10.2 Å². The van der Waals surface area contributed by atoms with Gasteiger partial charge in [0.05, 0.1) is 34.4 Å². The van der Waals surface area contributed by atoms with Crippen LogP contribution in [-0.4, -0.2) is 50.1 Å². The Kier molecular flexibility index (Phi) is 4.71. The fourth-order valence-corrected chi connectivity index (χ4v) is 4.67. The number of amides is 3. The van der Waals surface area contributed by atoms with Gasteiger partial charge in [0.2, 0.25) is 11.6 Å². The highest BCUT2D eigenvalue weighted by Gasteiger charge is 2.60. The van der Waals surface area contributed by atoms with E-state index in [-0.39, 0.29) is 24.1 Å². The second-order valence-corrected chi connectivity index (χ2v) is 8.45. The molecule has 11 heteroatoms. The quantitative estimate of drug-likeness (QED) is 0.637. The Morgan fingerprint density at radius 1 is 1.15 bits per heavy atom. The monoisotopic (exact) mass is 468 g/mol. The molecule has 33 heavy (non-hydrogen) atoms. The molecular formula is C22H18ClFN6O3. The van der Waals surface area contributed by atoms with E-state index in [2.05, 4.69) is 15.4 Å². The predicted molar refractivity (Wildman–Crippen MR) is 118 cm³/mol. The minimum absolute atomic E-state index is 0.0109. The number of hydrogen-bond donors (Lipinski definition) is 1. The first kappa shape index (κ1) is 21.1. The first-order chi connectivity index (χ1) is 15.7. The summed E-state index contributed by atoms with van der Waals surface area (Å²) in [5.41, 5.74) is -0.513. The number of rotatable bonds is 3. The number of pyridine rings is 1. The molecule has 5 rings (SSSR count). The number of hydrogen-bond acceptors (Lipinski definition) is 5. The summed E-state index contributed by atoms with van der Waals surface area (Å²) in [6.07, 6.45) is 6.12. The van der Waals surface area contributed by atoms with E-state index in [9.17, 15) is 14.4 Å². The molecule has 2 aliphatic rings. The van der Waals surface area contributed by atoms with E-state index < -0.39 is 29.2 Å². The van der Waals surface area contributed by atoms with Gasteiger partial charge >= 0.3 is 0 Å². The average Bonchev–Trinajstić information content (AvgIpc) is 3.36. The van der Waals surface area contributed by atoms with Gasteiger partial charge in [-0.2, -0.15) is 5.10 Å². The molecule has 9 nitrogen and oxygen atoms in total. The Hall–Kier alpha value is -3.79. The molecule has 1 aromatic carbocycles. The third-order valence-electron chi connectivity index (χ3n) is 6.06. The van der Waals surface area contributed by atoms with Crippen LogP contribution in [0.5, 0.6) is 0 Å². The van der Waals surface area contributed by atoms with Crippen LogP contribution in [0.4, 0.5) is 15.8 Å². The Labute approximate surface area is 192 Å². The second kappa shape index (κ2) is 7.38. The van der Waals surface area contributed by atoms with E-state index in [1.807, 2.05) is 0 Å². The molecule has 2 aliphatic heterocycles. The van der Waals surface area contributed by atoms with Crippen LogP contribution >= 0.6 is 11.6 Å². The van der Waals surface area contributed by atoms with Crippen molar-refractivity contribution in [2.75, 3.05) is 17.3 Å². The van der Waals surface area contributed by atoms with Crippen molar-refractivity contribution in [3.63, 3.8) is 0 Å². The molecule has 1 saturated heterocycles. The van der Waals surface area contributed by atoms with E-state index in [1.165, 1.54) is 36.5 Å². The summed E-state index contributed by atoms with van der Waals surface area (Å²) in [4.78, 5) is 46.2. The highest BCUT2D eigenvalue weighted by Crippen LogP contribution is 2.46. The van der Waals surface area contributed by atoms with E-state index in [4.69, 9.17) is 11.6 Å². The number of carbonyl (C=O) groups is 3. The van der Waals surface area contributed by atoms with Gasteiger partial charge in [0.25, 0.3) is 11.8 Å². The SMILES string of the molecule is CN1C(=O)c2c(F)cc(-c3cnn(C)c3)cc2N2C(=O)CC[C@@]12C(=O)Nc1cncc(Cl)c1. The second-order valence-electron chi connectivity index (χ2n) is 8.01. The number of likely N-dealkylation sites (N-methyl/N-ethyl adjacent to an activating group) is 1. The van der Waals surface area contributed by atoms with Crippen molar-refractivity contribution in [1.82, 2.24) is 19.7 Å². The number of nitrogens with one attached hydrogen (secondary N) is 1. The molecule has 1 N–H and O–H groups in total. The lowest BCUT2D eigenvalue weighted by Gasteiger charge is -2.47. The van der Waals surface area contributed by atoms with Crippen molar-refractivity contribution in [2.24, 2.45) is 7.05 Å². The van der Waals surface area contributed by atoms with Gasteiger partial charge in [-0.05, 0) is 23.8 Å². The largest absolute Gasteiger partial charge is 0.321 e. The van der Waals surface area contributed by atoms with Crippen molar-refractivity contribution < 1.29 is 18.8 Å². The van der Waals surface area contributed by atoms with Crippen molar-refractivity contribution in [3.05, 3.63) is 59.4 Å². The molecule has 1 fully saturated rings. The smallest absolute Gasteiger partial charge is 0.271 e. The number of anilines is 2. The molecule has 0 aliphatic carbocycles. The highest BCUT2D eigenvalue weighted by atomic mass is 35.5. The Morgan fingerprint density at radius 3 is 2.64 bits per heavy atom. The zero-order valence-corrected chi connectivity index (χ0v) is 18.4. The Balaban J connectivity index is 1.66. The summed E-state index contributed by atoms with van der Waals surface area (Å²) in [5, 5.41) is 7.11. The summed E-state index contributed by atoms with van der Waals surface area (Å²) >= 11 is 5.97. The number of aromatic nitrogens is 3. The molecule has 0 bridgehead atoms. The van der Waals surface area contributed by atoms with Gasteiger partial charge in [-0.15, -0.1) is 0 Å². The highest BCUT2D eigenvalue weighted by molar-refractivity contribution is 6.30. The summed E-state index contributed by atoms with van der Waals surface area (Å²) in [6, 6.07) is 4.28. The lowest BCUT2D eigenvalue weighted by molar-refractivity contribution is -0.128. The molecule has 2 aromatic heterocycles. The predicted octanol–water partition coefficient (Wildman–Crippen LogP) is 2.82. The topological polar surface area (TPSA) is 100 Å². The fraction of sp³-hybridized carbons (Fsp3) is 0.227. The molecule has 0 radical (unpaired) electrons. The third-order valence-corrected chi connectivity index (χ3v) is 6.26. The lowest BCUT2D eigenvalue weighted by atomic mass is 9.94. The minimum atomic E-state index is -1.66. The molecule has 0 unspecified atom stereocenters. The standard InChI is InChI=1S/C22H18ClFN6O3/c1-28-11-13(8-26-28)12-5-16(24)19-17(6-12)30-18(31)3-4-22(30,29(2)20(19)32)21(33)27-15-7-14(23)9-25-10-15/h5-11H,3-4H2,1-2H3,(H,27,33)/t22-/m1/s1. The molecule has 0 spiro atoms. The van der Waals surface area contributed by atoms with E-state index in [0.29, 0.717) is 21.8 Å². The van der Waals surface area contributed by atoms with E-state index in [0.717, 1.165) is 4.90 Å². The van der Waals surface area contributed by atoms with E-state index >= 15 is 4.39 Å². The first-order valence-electron chi connectivity index (χ1n) is 10.1. The normalized spacial score (nSPS) is 19.5. The van der Waals surface area contributed by atoms with Gasteiger partial charge < -0.3 is 10.2 Å². The number of carbonyl (C=O) groups excluding carboxylic acids is 3. The molecular weight excluding hydrogens is 451 g/mol. The number of fused-ring (bicyclic) bond motifs is 3. The zero-order chi connectivity index (χ0) is 23.5. The number of benzene rings is 1. The first-order valence-corrected chi connectivity index (χ1v) is 10.5.